The smallest absolute Gasteiger partial charge is 0.492 e. The Bertz CT molecular complexity index is 581. The molecule has 18 heavy (non-hydrogen) atoms. The summed E-state index contributed by atoms with van der Waals surface area (Å²) >= 11 is 3.22. The highest BCUT2D eigenvalue weighted by molar-refractivity contribution is 9.10. The van der Waals surface area contributed by atoms with E-state index in [0.29, 0.717) is 9.86 Å². The van der Waals surface area contributed by atoms with Crippen molar-refractivity contribution in [2.24, 2.45) is 0 Å². The van der Waals surface area contributed by atoms with Crippen molar-refractivity contribution in [2.75, 3.05) is 7.11 Å². The molecule has 96 valence electrons. The largest absolute Gasteiger partial charge is 0.573 e. The standard InChI is InChI=1S/C12H8BrF3O2/c1-17-11-8-5-3-2-4-7(8)9(13)6-10(11)18-12(14,15)16/h2-6H,1H3. The molecule has 0 aromatic heterocycles. The van der Waals surface area contributed by atoms with Gasteiger partial charge in [-0.25, -0.2) is 0 Å². The maximum absolute atomic E-state index is 12.3. The zero-order valence-electron chi connectivity index (χ0n) is 9.22. The van der Waals surface area contributed by atoms with E-state index < -0.39 is 6.36 Å². The van der Waals surface area contributed by atoms with Gasteiger partial charge in [0.05, 0.1) is 7.11 Å². The van der Waals surface area contributed by atoms with Crippen LogP contribution in [0.2, 0.25) is 0 Å². The van der Waals surface area contributed by atoms with Gasteiger partial charge in [-0.15, -0.1) is 13.2 Å². The molecule has 2 aromatic carbocycles. The van der Waals surface area contributed by atoms with Gasteiger partial charge in [-0.3, -0.25) is 0 Å². The Morgan fingerprint density at radius 3 is 2.28 bits per heavy atom. The Hall–Kier alpha value is -1.43. The number of halogens is 4. The predicted octanol–water partition coefficient (Wildman–Crippen LogP) is 4.51. The van der Waals surface area contributed by atoms with Crippen LogP contribution in [0.15, 0.2) is 34.8 Å². The second-order valence-electron chi connectivity index (χ2n) is 3.48. The van der Waals surface area contributed by atoms with Crippen LogP contribution in [0.3, 0.4) is 0 Å². The second kappa shape index (κ2) is 4.68. The van der Waals surface area contributed by atoms with Crippen LogP contribution in [-0.2, 0) is 0 Å². The SMILES string of the molecule is COc1c(OC(F)(F)F)cc(Br)c2ccccc12. The van der Waals surface area contributed by atoms with Gasteiger partial charge < -0.3 is 9.47 Å². The van der Waals surface area contributed by atoms with Crippen LogP contribution < -0.4 is 9.47 Å². The van der Waals surface area contributed by atoms with Gasteiger partial charge in [0.1, 0.15) is 0 Å². The van der Waals surface area contributed by atoms with Crippen LogP contribution in [-0.4, -0.2) is 13.5 Å². The van der Waals surface area contributed by atoms with Gasteiger partial charge in [0.15, 0.2) is 11.5 Å². The van der Waals surface area contributed by atoms with Crippen LogP contribution >= 0.6 is 15.9 Å². The van der Waals surface area contributed by atoms with E-state index in [0.717, 1.165) is 5.39 Å². The summed E-state index contributed by atoms with van der Waals surface area (Å²) in [4.78, 5) is 0. The van der Waals surface area contributed by atoms with Gasteiger partial charge in [0, 0.05) is 9.86 Å². The normalized spacial score (nSPS) is 11.6. The zero-order valence-corrected chi connectivity index (χ0v) is 10.8. The summed E-state index contributed by atoms with van der Waals surface area (Å²) in [5.74, 6) is -0.304. The van der Waals surface area contributed by atoms with E-state index in [-0.39, 0.29) is 11.5 Å². The van der Waals surface area contributed by atoms with E-state index in [9.17, 15) is 13.2 Å². The third kappa shape index (κ3) is 2.53. The summed E-state index contributed by atoms with van der Waals surface area (Å²) < 4.78 is 46.4. The minimum absolute atomic E-state index is 0.0612. The van der Waals surface area contributed by atoms with Crippen molar-refractivity contribution in [3.63, 3.8) is 0 Å². The van der Waals surface area contributed by atoms with Crippen molar-refractivity contribution >= 4 is 26.7 Å². The monoisotopic (exact) mass is 320 g/mol. The molecule has 2 aromatic rings. The average Bonchev–Trinajstić information content (AvgIpc) is 2.27. The summed E-state index contributed by atoms with van der Waals surface area (Å²) in [6.07, 6.45) is -4.75. The van der Waals surface area contributed by atoms with Crippen molar-refractivity contribution < 1.29 is 22.6 Å². The minimum atomic E-state index is -4.75. The molecule has 6 heteroatoms. The third-order valence-corrected chi connectivity index (χ3v) is 3.00. The van der Waals surface area contributed by atoms with E-state index in [2.05, 4.69) is 20.7 Å². The molecular formula is C12H8BrF3O2. The van der Waals surface area contributed by atoms with E-state index >= 15 is 0 Å². The van der Waals surface area contributed by atoms with Gasteiger partial charge in [0.25, 0.3) is 0 Å². The van der Waals surface area contributed by atoms with Gasteiger partial charge in [0.2, 0.25) is 0 Å². The van der Waals surface area contributed by atoms with Crippen molar-refractivity contribution in [3.8, 4) is 11.5 Å². The number of methoxy groups -OCH3 is 1. The Labute approximate surface area is 109 Å². The number of fused-ring (bicyclic) bond motifs is 1. The summed E-state index contributed by atoms with van der Waals surface area (Å²) in [5.41, 5.74) is 0. The maximum atomic E-state index is 12.3. The fourth-order valence-electron chi connectivity index (χ4n) is 1.69. The first kappa shape index (κ1) is 13.0. The molecule has 0 aliphatic rings. The molecule has 0 saturated heterocycles. The van der Waals surface area contributed by atoms with Crippen LogP contribution in [0, 0.1) is 0 Å². The Morgan fingerprint density at radius 1 is 1.11 bits per heavy atom. The molecule has 0 radical (unpaired) electrons. The zero-order chi connectivity index (χ0) is 13.3. The first-order valence-corrected chi connectivity index (χ1v) is 5.72. The number of hydrogen-bond acceptors (Lipinski definition) is 2. The molecule has 0 atom stereocenters. The molecule has 0 unspecified atom stereocenters. The minimum Gasteiger partial charge on any atom is -0.492 e. The van der Waals surface area contributed by atoms with E-state index in [1.54, 1.807) is 24.3 Å². The number of alkyl halides is 3. The second-order valence-corrected chi connectivity index (χ2v) is 4.34. The predicted molar refractivity (Wildman–Crippen MR) is 64.9 cm³/mol. The molecule has 0 aliphatic carbocycles. The van der Waals surface area contributed by atoms with Crippen LogP contribution in [0.25, 0.3) is 10.8 Å². The molecular weight excluding hydrogens is 313 g/mol. The van der Waals surface area contributed by atoms with Gasteiger partial charge in [-0.1, -0.05) is 40.2 Å². The lowest BCUT2D eigenvalue weighted by Gasteiger charge is -2.15. The Kier molecular flexibility index (Phi) is 3.38. The van der Waals surface area contributed by atoms with E-state index in [1.165, 1.54) is 13.2 Å². The first-order chi connectivity index (χ1) is 8.42. The molecule has 0 saturated carbocycles. The Morgan fingerprint density at radius 2 is 1.72 bits per heavy atom. The lowest BCUT2D eigenvalue weighted by Crippen LogP contribution is -2.17. The number of rotatable bonds is 2. The fourth-order valence-corrected chi connectivity index (χ4v) is 2.25. The molecule has 2 nitrogen and oxygen atoms in total. The van der Waals surface area contributed by atoms with Gasteiger partial charge in [-0.05, 0) is 11.5 Å². The average molecular weight is 321 g/mol. The van der Waals surface area contributed by atoms with Crippen molar-refractivity contribution in [1.29, 1.82) is 0 Å². The van der Waals surface area contributed by atoms with Crippen LogP contribution in [0.5, 0.6) is 11.5 Å². The summed E-state index contributed by atoms with van der Waals surface area (Å²) in [6.45, 7) is 0. The number of ether oxygens (including phenoxy) is 2. The molecule has 0 spiro atoms. The first-order valence-electron chi connectivity index (χ1n) is 4.93. The van der Waals surface area contributed by atoms with Crippen LogP contribution in [0.1, 0.15) is 0 Å². The topological polar surface area (TPSA) is 18.5 Å². The molecule has 0 bridgehead atoms. The highest BCUT2D eigenvalue weighted by atomic mass is 79.9. The molecule has 0 fully saturated rings. The quantitative estimate of drug-likeness (QED) is 0.810. The third-order valence-electron chi connectivity index (χ3n) is 2.34. The highest BCUT2D eigenvalue weighted by Crippen LogP contribution is 2.41. The Balaban J connectivity index is 2.67. The lowest BCUT2D eigenvalue weighted by molar-refractivity contribution is -0.275. The maximum Gasteiger partial charge on any atom is 0.573 e. The molecule has 0 heterocycles. The van der Waals surface area contributed by atoms with Crippen molar-refractivity contribution in [1.82, 2.24) is 0 Å². The van der Waals surface area contributed by atoms with E-state index in [1.807, 2.05) is 0 Å². The summed E-state index contributed by atoms with van der Waals surface area (Å²) in [6, 6.07) is 8.20. The highest BCUT2D eigenvalue weighted by Gasteiger charge is 2.33. The summed E-state index contributed by atoms with van der Waals surface area (Å²) in [5, 5.41) is 1.30. The molecule has 0 aliphatic heterocycles. The van der Waals surface area contributed by atoms with Crippen molar-refractivity contribution in [2.45, 2.75) is 6.36 Å². The number of benzene rings is 2. The van der Waals surface area contributed by atoms with Gasteiger partial charge >= 0.3 is 6.36 Å². The summed E-state index contributed by atoms with van der Waals surface area (Å²) in [7, 11) is 1.30. The van der Waals surface area contributed by atoms with E-state index in [4.69, 9.17) is 4.74 Å². The van der Waals surface area contributed by atoms with Crippen molar-refractivity contribution in [3.05, 3.63) is 34.8 Å². The van der Waals surface area contributed by atoms with Gasteiger partial charge in [-0.2, -0.15) is 0 Å². The molecule has 0 N–H and O–H groups in total. The van der Waals surface area contributed by atoms with Crippen LogP contribution in [0.4, 0.5) is 13.2 Å². The fraction of sp³-hybridized carbons (Fsp3) is 0.167. The number of hydrogen-bond donors (Lipinski definition) is 0. The molecule has 0 amide bonds. The molecule has 2 rings (SSSR count). The lowest BCUT2D eigenvalue weighted by atomic mass is 10.1.